The highest BCUT2D eigenvalue weighted by atomic mass is 79.9. The van der Waals surface area contributed by atoms with Crippen LogP contribution in [0, 0.1) is 0 Å². The standard InChI is InChI=1S/C5H11BrO2/c1-2-3-5(6)4-8-7/h5,7H,2-4H2,1H3/t5-/m1/s1. The third-order valence-corrected chi connectivity index (χ3v) is 1.58. The van der Waals surface area contributed by atoms with E-state index in [1.165, 1.54) is 0 Å². The first kappa shape index (κ1) is 8.40. The Morgan fingerprint density at radius 2 is 2.38 bits per heavy atom. The fourth-order valence-electron chi connectivity index (χ4n) is 0.477. The molecular formula is C5H11BrO2. The summed E-state index contributed by atoms with van der Waals surface area (Å²) in [5, 5.41) is 7.93. The van der Waals surface area contributed by atoms with E-state index in [1.54, 1.807) is 0 Å². The smallest absolute Gasteiger partial charge is 0.0944 e. The first-order valence-corrected chi connectivity index (χ1v) is 3.63. The van der Waals surface area contributed by atoms with Crippen LogP contribution < -0.4 is 0 Å². The van der Waals surface area contributed by atoms with E-state index in [2.05, 4.69) is 27.7 Å². The van der Waals surface area contributed by atoms with Crippen LogP contribution in [-0.2, 0) is 4.89 Å². The Morgan fingerprint density at radius 3 is 2.75 bits per heavy atom. The van der Waals surface area contributed by atoms with Crippen LogP contribution in [0.1, 0.15) is 19.8 Å². The molecule has 1 atom stereocenters. The zero-order valence-corrected chi connectivity index (χ0v) is 6.52. The second kappa shape index (κ2) is 5.54. The predicted molar refractivity (Wildman–Crippen MR) is 36.2 cm³/mol. The minimum Gasteiger partial charge on any atom is -0.252 e. The lowest BCUT2D eigenvalue weighted by molar-refractivity contribution is -0.241. The van der Waals surface area contributed by atoms with Crippen LogP contribution in [0.25, 0.3) is 0 Å². The molecule has 8 heavy (non-hydrogen) atoms. The van der Waals surface area contributed by atoms with Gasteiger partial charge in [0.15, 0.2) is 0 Å². The van der Waals surface area contributed by atoms with Gasteiger partial charge in [-0.05, 0) is 6.42 Å². The Morgan fingerprint density at radius 1 is 1.75 bits per heavy atom. The fourth-order valence-corrected chi connectivity index (χ4v) is 1.05. The van der Waals surface area contributed by atoms with E-state index >= 15 is 0 Å². The maximum Gasteiger partial charge on any atom is 0.0944 e. The molecule has 0 aliphatic heterocycles. The quantitative estimate of drug-likeness (QED) is 0.410. The topological polar surface area (TPSA) is 29.5 Å². The number of rotatable bonds is 4. The van der Waals surface area contributed by atoms with E-state index < -0.39 is 0 Å². The highest BCUT2D eigenvalue weighted by Crippen LogP contribution is 2.06. The molecule has 0 rings (SSSR count). The Balaban J connectivity index is 2.92. The zero-order valence-electron chi connectivity index (χ0n) is 4.93. The van der Waals surface area contributed by atoms with Crippen LogP contribution in [0.2, 0.25) is 0 Å². The molecule has 0 aromatic heterocycles. The summed E-state index contributed by atoms with van der Waals surface area (Å²) >= 11 is 3.31. The van der Waals surface area contributed by atoms with Gasteiger partial charge >= 0.3 is 0 Å². The molecule has 0 radical (unpaired) electrons. The summed E-state index contributed by atoms with van der Waals surface area (Å²) in [7, 11) is 0. The molecule has 0 heterocycles. The molecule has 0 saturated carbocycles. The Bertz CT molecular complexity index is 43.7. The van der Waals surface area contributed by atoms with Crippen LogP contribution in [0.5, 0.6) is 0 Å². The van der Waals surface area contributed by atoms with Crippen molar-refractivity contribution in [1.82, 2.24) is 0 Å². The lowest BCUT2D eigenvalue weighted by atomic mass is 10.3. The van der Waals surface area contributed by atoms with Gasteiger partial charge in [-0.2, -0.15) is 0 Å². The molecule has 2 nitrogen and oxygen atoms in total. The maximum absolute atomic E-state index is 7.93. The van der Waals surface area contributed by atoms with Crippen molar-refractivity contribution in [3.8, 4) is 0 Å². The number of hydrogen-bond donors (Lipinski definition) is 1. The van der Waals surface area contributed by atoms with Gasteiger partial charge in [0.1, 0.15) is 0 Å². The first-order valence-electron chi connectivity index (χ1n) is 2.71. The number of hydrogen-bond acceptors (Lipinski definition) is 2. The first-order chi connectivity index (χ1) is 3.81. The predicted octanol–water partition coefficient (Wildman–Crippen LogP) is 2.04. The summed E-state index contributed by atoms with van der Waals surface area (Å²) in [5.74, 6) is 0. The molecular weight excluding hydrogens is 172 g/mol. The monoisotopic (exact) mass is 182 g/mol. The third-order valence-electron chi connectivity index (χ3n) is 0.857. The van der Waals surface area contributed by atoms with Gasteiger partial charge in [0.2, 0.25) is 0 Å². The molecule has 50 valence electrons. The second-order valence-corrected chi connectivity index (χ2v) is 2.98. The van der Waals surface area contributed by atoms with Crippen LogP contribution >= 0.6 is 15.9 Å². The van der Waals surface area contributed by atoms with Gasteiger partial charge in [-0.1, -0.05) is 29.3 Å². The highest BCUT2D eigenvalue weighted by molar-refractivity contribution is 9.09. The Kier molecular flexibility index (Phi) is 5.81. The van der Waals surface area contributed by atoms with E-state index in [0.717, 1.165) is 12.8 Å². The van der Waals surface area contributed by atoms with Crippen molar-refractivity contribution < 1.29 is 10.1 Å². The van der Waals surface area contributed by atoms with E-state index in [-0.39, 0.29) is 0 Å². The van der Waals surface area contributed by atoms with Gasteiger partial charge in [-0.15, -0.1) is 0 Å². The zero-order chi connectivity index (χ0) is 6.41. The van der Waals surface area contributed by atoms with Crippen LogP contribution in [0.15, 0.2) is 0 Å². The van der Waals surface area contributed by atoms with Gasteiger partial charge in [-0.25, -0.2) is 4.89 Å². The average Bonchev–Trinajstić information content (AvgIpc) is 1.68. The highest BCUT2D eigenvalue weighted by Gasteiger charge is 1.99. The molecule has 0 bridgehead atoms. The third kappa shape index (κ3) is 4.56. The summed E-state index contributed by atoms with van der Waals surface area (Å²) < 4.78 is 0. The van der Waals surface area contributed by atoms with Gasteiger partial charge in [0.25, 0.3) is 0 Å². The Hall–Kier alpha value is 0.400. The van der Waals surface area contributed by atoms with Crippen LogP contribution in [0.4, 0.5) is 0 Å². The molecule has 0 aromatic rings. The largest absolute Gasteiger partial charge is 0.252 e. The number of alkyl halides is 1. The van der Waals surface area contributed by atoms with Crippen LogP contribution in [-0.4, -0.2) is 16.7 Å². The summed E-state index contributed by atoms with van der Waals surface area (Å²) in [5.41, 5.74) is 0. The van der Waals surface area contributed by atoms with Crippen LogP contribution in [0.3, 0.4) is 0 Å². The molecule has 0 unspecified atom stereocenters. The van der Waals surface area contributed by atoms with Crippen molar-refractivity contribution in [2.45, 2.75) is 24.6 Å². The van der Waals surface area contributed by atoms with Crippen molar-refractivity contribution >= 4 is 15.9 Å². The summed E-state index contributed by atoms with van der Waals surface area (Å²) in [4.78, 5) is 4.21. The van der Waals surface area contributed by atoms with Crippen molar-refractivity contribution in [3.05, 3.63) is 0 Å². The van der Waals surface area contributed by atoms with E-state index in [9.17, 15) is 0 Å². The lowest BCUT2D eigenvalue weighted by Crippen LogP contribution is -2.05. The summed E-state index contributed by atoms with van der Waals surface area (Å²) in [6.07, 6.45) is 2.15. The van der Waals surface area contributed by atoms with E-state index in [4.69, 9.17) is 5.26 Å². The molecule has 0 amide bonds. The molecule has 0 spiro atoms. The van der Waals surface area contributed by atoms with Crippen molar-refractivity contribution in [2.75, 3.05) is 6.61 Å². The maximum atomic E-state index is 7.93. The summed E-state index contributed by atoms with van der Waals surface area (Å²) in [6.45, 7) is 2.47. The number of halogens is 1. The second-order valence-electron chi connectivity index (χ2n) is 1.68. The SMILES string of the molecule is CCC[C@@H](Br)COO. The fraction of sp³-hybridized carbons (Fsp3) is 1.00. The normalized spacial score (nSPS) is 13.9. The molecule has 0 aromatic carbocycles. The van der Waals surface area contributed by atoms with E-state index in [0.29, 0.717) is 11.4 Å². The van der Waals surface area contributed by atoms with Gasteiger partial charge in [0, 0.05) is 4.83 Å². The van der Waals surface area contributed by atoms with Gasteiger partial charge in [-0.3, -0.25) is 5.26 Å². The summed E-state index contributed by atoms with van der Waals surface area (Å²) in [6, 6.07) is 0. The molecule has 0 saturated heterocycles. The molecule has 0 aliphatic rings. The molecule has 0 aliphatic carbocycles. The minimum atomic E-state index is 0.303. The minimum absolute atomic E-state index is 0.303. The van der Waals surface area contributed by atoms with Crippen molar-refractivity contribution in [2.24, 2.45) is 0 Å². The van der Waals surface area contributed by atoms with Gasteiger partial charge in [0.05, 0.1) is 6.61 Å². The molecule has 3 heteroatoms. The molecule has 1 N–H and O–H groups in total. The molecule has 0 fully saturated rings. The van der Waals surface area contributed by atoms with Crippen molar-refractivity contribution in [1.29, 1.82) is 0 Å². The van der Waals surface area contributed by atoms with Crippen molar-refractivity contribution in [3.63, 3.8) is 0 Å². The lowest BCUT2D eigenvalue weighted by Gasteiger charge is -2.02. The Labute approximate surface area is 57.9 Å². The average molecular weight is 183 g/mol. The van der Waals surface area contributed by atoms with Gasteiger partial charge < -0.3 is 0 Å². The van der Waals surface area contributed by atoms with E-state index in [1.807, 2.05) is 0 Å².